The summed E-state index contributed by atoms with van der Waals surface area (Å²) in [6.07, 6.45) is 7.69. The van der Waals surface area contributed by atoms with E-state index in [9.17, 15) is 9.59 Å². The van der Waals surface area contributed by atoms with Crippen LogP contribution in [0.3, 0.4) is 0 Å². The van der Waals surface area contributed by atoms with Gasteiger partial charge in [0.15, 0.2) is 13.7 Å². The molecule has 0 bridgehead atoms. The maximum Gasteiger partial charge on any atom is 0.323 e. The summed E-state index contributed by atoms with van der Waals surface area (Å²) in [4.78, 5) is 25.5. The number of hydrogen-bond donors (Lipinski definition) is 0. The van der Waals surface area contributed by atoms with Gasteiger partial charge in [0.25, 0.3) is 0 Å². The summed E-state index contributed by atoms with van der Waals surface area (Å²) in [5.74, 6) is -0.421. The minimum Gasteiger partial charge on any atom is -0.468 e. The maximum atomic E-state index is 12.7. The summed E-state index contributed by atoms with van der Waals surface area (Å²) in [6, 6.07) is 0. The molecule has 3 atom stereocenters. The number of carbonyl (C=O) groups is 2. The first-order valence-corrected chi connectivity index (χ1v) is 14.5. The van der Waals surface area contributed by atoms with E-state index in [1.54, 1.807) is 0 Å². The van der Waals surface area contributed by atoms with E-state index in [2.05, 4.69) is 46.9 Å². The fourth-order valence-electron chi connectivity index (χ4n) is 5.44. The molecular formula is C25H40O5Si. The first kappa shape index (κ1) is 24.2. The minimum absolute atomic E-state index is 0.0572. The van der Waals surface area contributed by atoms with Crippen LogP contribution >= 0.6 is 0 Å². The molecule has 0 N–H and O–H groups in total. The van der Waals surface area contributed by atoms with Crippen molar-refractivity contribution in [2.45, 2.75) is 90.5 Å². The number of methoxy groups -OCH3 is 2. The van der Waals surface area contributed by atoms with Crippen molar-refractivity contribution in [2.24, 2.45) is 17.3 Å². The highest BCUT2D eigenvalue weighted by atomic mass is 28.4. The van der Waals surface area contributed by atoms with Crippen molar-refractivity contribution < 1.29 is 23.5 Å². The van der Waals surface area contributed by atoms with Gasteiger partial charge in [-0.05, 0) is 75.1 Å². The smallest absolute Gasteiger partial charge is 0.323 e. The molecule has 0 aromatic rings. The number of fused-ring (bicyclic) bond motifs is 2. The van der Waals surface area contributed by atoms with Crippen LogP contribution in [0.25, 0.3) is 0 Å². The van der Waals surface area contributed by atoms with Crippen molar-refractivity contribution >= 4 is 20.3 Å². The van der Waals surface area contributed by atoms with Gasteiger partial charge < -0.3 is 13.9 Å². The molecule has 0 unspecified atom stereocenters. The molecule has 0 spiro atoms. The summed E-state index contributed by atoms with van der Waals surface area (Å²) < 4.78 is 17.0. The molecule has 0 heterocycles. The van der Waals surface area contributed by atoms with Crippen LogP contribution in [-0.2, 0) is 23.5 Å². The second kappa shape index (κ2) is 8.51. The van der Waals surface area contributed by atoms with Gasteiger partial charge in [-0.3, -0.25) is 9.59 Å². The van der Waals surface area contributed by atoms with Crippen LogP contribution in [0.2, 0.25) is 18.1 Å². The van der Waals surface area contributed by atoms with Crippen LogP contribution in [0.1, 0.15) is 66.2 Å². The van der Waals surface area contributed by atoms with Gasteiger partial charge in [0.1, 0.15) is 0 Å². The molecule has 6 heteroatoms. The Kier molecular flexibility index (Phi) is 6.65. The Morgan fingerprint density at radius 1 is 1.10 bits per heavy atom. The number of carbonyl (C=O) groups excluding carboxylic acids is 2. The molecule has 3 aliphatic carbocycles. The van der Waals surface area contributed by atoms with Gasteiger partial charge in [0, 0.05) is 5.92 Å². The van der Waals surface area contributed by atoms with Crippen LogP contribution in [0, 0.1) is 17.3 Å². The standard InChI is InChI=1S/C25H40O5Si/c1-16-12-17-10-9-11-21(30-31(7,8)24(2,3)4)19(17)13-18-14-25(15-20(16)18,22(26)28-5)23(27)29-6/h13,17-18,21H,9-12,14-15H2,1-8H3/t17-,18+,21-/m1/s1. The lowest BCUT2D eigenvalue weighted by Gasteiger charge is -2.43. The molecule has 0 radical (unpaired) electrons. The third-order valence-corrected chi connectivity index (χ3v) is 12.7. The molecule has 3 rings (SSSR count). The first-order chi connectivity index (χ1) is 14.4. The van der Waals surface area contributed by atoms with Crippen molar-refractivity contribution in [3.63, 3.8) is 0 Å². The molecule has 5 nitrogen and oxygen atoms in total. The Hall–Kier alpha value is -1.40. The predicted molar refractivity (Wildman–Crippen MR) is 124 cm³/mol. The zero-order chi connectivity index (χ0) is 23.2. The molecule has 0 aliphatic heterocycles. The number of ether oxygens (including phenoxy) is 2. The van der Waals surface area contributed by atoms with E-state index in [4.69, 9.17) is 13.9 Å². The molecule has 3 aliphatic rings. The molecule has 0 aromatic carbocycles. The summed E-state index contributed by atoms with van der Waals surface area (Å²) in [7, 11) is 0.783. The van der Waals surface area contributed by atoms with Gasteiger partial charge in [0.05, 0.1) is 20.3 Å². The van der Waals surface area contributed by atoms with Gasteiger partial charge in [-0.2, -0.15) is 0 Å². The highest BCUT2D eigenvalue weighted by Crippen LogP contribution is 2.53. The monoisotopic (exact) mass is 448 g/mol. The van der Waals surface area contributed by atoms with Crippen LogP contribution in [0.15, 0.2) is 22.8 Å². The highest BCUT2D eigenvalue weighted by molar-refractivity contribution is 6.74. The van der Waals surface area contributed by atoms with E-state index < -0.39 is 25.7 Å². The summed E-state index contributed by atoms with van der Waals surface area (Å²) >= 11 is 0. The maximum absolute atomic E-state index is 12.7. The summed E-state index contributed by atoms with van der Waals surface area (Å²) in [6.45, 7) is 13.6. The molecule has 174 valence electrons. The van der Waals surface area contributed by atoms with Crippen molar-refractivity contribution in [2.75, 3.05) is 14.2 Å². The minimum atomic E-state index is -1.91. The van der Waals surface area contributed by atoms with Gasteiger partial charge in [-0.1, -0.05) is 38.0 Å². The predicted octanol–water partition coefficient (Wildman–Crippen LogP) is 5.57. The molecule has 0 amide bonds. The van der Waals surface area contributed by atoms with Crippen molar-refractivity contribution in [1.29, 1.82) is 0 Å². The van der Waals surface area contributed by atoms with E-state index in [-0.39, 0.29) is 17.1 Å². The average Bonchev–Trinajstić information content (AvgIpc) is 3.02. The topological polar surface area (TPSA) is 61.8 Å². The SMILES string of the molecule is COC(=O)C1(C(=O)OC)CC2=C(C)C[C@H]3CCC[C@@H](O[Si](C)(C)C(C)(C)C)C3=C[C@H]2C1. The van der Waals surface area contributed by atoms with Crippen LogP contribution < -0.4 is 0 Å². The molecule has 0 aromatic heterocycles. The number of hydrogen-bond acceptors (Lipinski definition) is 5. The van der Waals surface area contributed by atoms with Crippen LogP contribution in [0.4, 0.5) is 0 Å². The fraction of sp³-hybridized carbons (Fsp3) is 0.760. The third-order valence-electron chi connectivity index (χ3n) is 8.26. The van der Waals surface area contributed by atoms with Crippen LogP contribution in [0.5, 0.6) is 0 Å². The normalized spacial score (nSPS) is 28.3. The zero-order valence-electron chi connectivity index (χ0n) is 20.6. The van der Waals surface area contributed by atoms with E-state index in [0.29, 0.717) is 18.8 Å². The second-order valence-electron chi connectivity index (χ2n) is 11.2. The molecule has 2 saturated carbocycles. The van der Waals surface area contributed by atoms with Crippen molar-refractivity contribution in [1.82, 2.24) is 0 Å². The Bertz CT molecular complexity index is 785. The van der Waals surface area contributed by atoms with Gasteiger partial charge in [-0.15, -0.1) is 0 Å². The highest BCUT2D eigenvalue weighted by Gasteiger charge is 2.56. The molecule has 2 fully saturated rings. The molecule has 31 heavy (non-hydrogen) atoms. The Labute approximate surface area is 188 Å². The van der Waals surface area contributed by atoms with Crippen molar-refractivity contribution in [3.8, 4) is 0 Å². The van der Waals surface area contributed by atoms with Gasteiger partial charge >= 0.3 is 11.9 Å². The van der Waals surface area contributed by atoms with Crippen molar-refractivity contribution in [3.05, 3.63) is 22.8 Å². The van der Waals surface area contributed by atoms with E-state index in [0.717, 1.165) is 12.8 Å². The lowest BCUT2D eigenvalue weighted by Crippen LogP contribution is -2.45. The third kappa shape index (κ3) is 4.30. The average molecular weight is 449 g/mol. The quantitative estimate of drug-likeness (QED) is 0.244. The largest absolute Gasteiger partial charge is 0.468 e. The van der Waals surface area contributed by atoms with Gasteiger partial charge in [-0.25, -0.2) is 0 Å². The van der Waals surface area contributed by atoms with E-state index >= 15 is 0 Å². The van der Waals surface area contributed by atoms with Crippen LogP contribution in [-0.4, -0.2) is 40.6 Å². The molecular weight excluding hydrogens is 408 g/mol. The Balaban J connectivity index is 1.98. The number of esters is 2. The lowest BCUT2D eigenvalue weighted by atomic mass is 9.78. The lowest BCUT2D eigenvalue weighted by molar-refractivity contribution is -0.168. The zero-order valence-corrected chi connectivity index (χ0v) is 21.6. The Morgan fingerprint density at radius 3 is 2.26 bits per heavy atom. The fourth-order valence-corrected chi connectivity index (χ4v) is 6.76. The first-order valence-electron chi connectivity index (χ1n) is 11.6. The van der Waals surface area contributed by atoms with E-state index in [1.807, 2.05) is 0 Å². The summed E-state index contributed by atoms with van der Waals surface area (Å²) in [5, 5.41) is 0.156. The van der Waals surface area contributed by atoms with Gasteiger partial charge in [0.2, 0.25) is 0 Å². The summed E-state index contributed by atoms with van der Waals surface area (Å²) in [5.41, 5.74) is 2.67. The Morgan fingerprint density at radius 2 is 1.71 bits per heavy atom. The second-order valence-corrected chi connectivity index (χ2v) is 16.0. The molecule has 0 saturated heterocycles. The number of rotatable bonds is 4. The van der Waals surface area contributed by atoms with E-state index in [1.165, 1.54) is 43.8 Å². The number of allylic oxidation sites excluding steroid dienone is 3.